The summed E-state index contributed by atoms with van der Waals surface area (Å²) in [4.78, 5) is 26.4. The lowest BCUT2D eigenvalue weighted by atomic mass is 9.90. The first-order valence-electron chi connectivity index (χ1n) is 8.28. The summed E-state index contributed by atoms with van der Waals surface area (Å²) in [6.45, 7) is 7.07. The second kappa shape index (κ2) is 5.96. The molecule has 23 heavy (non-hydrogen) atoms. The fourth-order valence-corrected chi connectivity index (χ4v) is 3.25. The van der Waals surface area contributed by atoms with E-state index in [-0.39, 0.29) is 18.0 Å². The minimum Gasteiger partial charge on any atom is -0.376 e. The van der Waals surface area contributed by atoms with Crippen molar-refractivity contribution in [3.05, 3.63) is 35.4 Å². The van der Waals surface area contributed by atoms with Crippen LogP contribution in [0.2, 0.25) is 0 Å². The molecule has 5 nitrogen and oxygen atoms in total. The number of hydrogen-bond acceptors (Lipinski definition) is 3. The summed E-state index contributed by atoms with van der Waals surface area (Å²) in [5.74, 6) is 0.233. The zero-order valence-electron chi connectivity index (χ0n) is 14.0. The Morgan fingerprint density at radius 3 is 2.57 bits per heavy atom. The SMILES string of the molecule is CC(C)c1ccc([C@@]2(C)NC(=O)N(C[C@H]3CCCO3)C2=O)cc1. The van der Waals surface area contributed by atoms with Crippen LogP contribution in [0.1, 0.15) is 50.7 Å². The van der Waals surface area contributed by atoms with E-state index in [1.54, 1.807) is 6.92 Å². The minimum atomic E-state index is -0.995. The topological polar surface area (TPSA) is 58.6 Å². The smallest absolute Gasteiger partial charge is 0.325 e. The third-order valence-corrected chi connectivity index (χ3v) is 4.84. The molecule has 5 heteroatoms. The van der Waals surface area contributed by atoms with Gasteiger partial charge in [0.25, 0.3) is 5.91 Å². The molecule has 0 unspecified atom stereocenters. The summed E-state index contributed by atoms with van der Waals surface area (Å²) in [5, 5.41) is 2.85. The molecule has 1 aromatic rings. The Morgan fingerprint density at radius 2 is 2.00 bits per heavy atom. The van der Waals surface area contributed by atoms with Crippen LogP contribution in [0.25, 0.3) is 0 Å². The van der Waals surface area contributed by atoms with Crippen LogP contribution in [0, 0.1) is 0 Å². The van der Waals surface area contributed by atoms with Gasteiger partial charge in [-0.05, 0) is 36.8 Å². The number of benzene rings is 1. The number of hydrogen-bond donors (Lipinski definition) is 1. The van der Waals surface area contributed by atoms with Crippen LogP contribution in [-0.4, -0.2) is 36.1 Å². The zero-order valence-corrected chi connectivity index (χ0v) is 14.0. The monoisotopic (exact) mass is 316 g/mol. The van der Waals surface area contributed by atoms with Crippen molar-refractivity contribution in [2.24, 2.45) is 0 Å². The molecule has 0 spiro atoms. The van der Waals surface area contributed by atoms with Crippen molar-refractivity contribution in [2.75, 3.05) is 13.2 Å². The van der Waals surface area contributed by atoms with Crippen molar-refractivity contribution in [3.8, 4) is 0 Å². The molecule has 0 saturated carbocycles. The normalized spacial score (nSPS) is 27.8. The maximum atomic E-state index is 12.8. The molecule has 2 aliphatic heterocycles. The molecule has 3 rings (SSSR count). The fourth-order valence-electron chi connectivity index (χ4n) is 3.25. The van der Waals surface area contributed by atoms with E-state index >= 15 is 0 Å². The van der Waals surface area contributed by atoms with Crippen molar-refractivity contribution in [3.63, 3.8) is 0 Å². The van der Waals surface area contributed by atoms with E-state index < -0.39 is 5.54 Å². The van der Waals surface area contributed by atoms with E-state index in [2.05, 4.69) is 19.2 Å². The Labute approximate surface area is 137 Å². The lowest BCUT2D eigenvalue weighted by Gasteiger charge is -2.23. The van der Waals surface area contributed by atoms with Gasteiger partial charge in [0.15, 0.2) is 0 Å². The van der Waals surface area contributed by atoms with Crippen LogP contribution in [0.3, 0.4) is 0 Å². The number of ether oxygens (including phenoxy) is 1. The van der Waals surface area contributed by atoms with E-state index in [4.69, 9.17) is 4.74 Å². The molecule has 2 atom stereocenters. The fraction of sp³-hybridized carbons (Fsp3) is 0.556. The first-order valence-corrected chi connectivity index (χ1v) is 8.28. The highest BCUT2D eigenvalue weighted by Crippen LogP contribution is 2.30. The number of carbonyl (C=O) groups is 2. The third kappa shape index (κ3) is 2.85. The predicted molar refractivity (Wildman–Crippen MR) is 87.1 cm³/mol. The van der Waals surface area contributed by atoms with Gasteiger partial charge in [-0.3, -0.25) is 9.69 Å². The number of amides is 3. The molecule has 3 amide bonds. The molecule has 1 N–H and O–H groups in total. The van der Waals surface area contributed by atoms with Crippen LogP contribution in [0.4, 0.5) is 4.79 Å². The van der Waals surface area contributed by atoms with Gasteiger partial charge in [-0.1, -0.05) is 38.1 Å². The predicted octanol–water partition coefficient (Wildman–Crippen LogP) is 2.76. The van der Waals surface area contributed by atoms with Gasteiger partial charge in [0.2, 0.25) is 0 Å². The van der Waals surface area contributed by atoms with Crippen molar-refractivity contribution in [1.82, 2.24) is 10.2 Å². The zero-order chi connectivity index (χ0) is 16.6. The average molecular weight is 316 g/mol. The molecule has 2 heterocycles. The van der Waals surface area contributed by atoms with Crippen LogP contribution >= 0.6 is 0 Å². The van der Waals surface area contributed by atoms with Gasteiger partial charge in [-0.25, -0.2) is 4.79 Å². The van der Waals surface area contributed by atoms with Crippen molar-refractivity contribution in [2.45, 2.75) is 51.2 Å². The molecule has 2 aliphatic rings. The third-order valence-electron chi connectivity index (χ3n) is 4.84. The lowest BCUT2D eigenvalue weighted by molar-refractivity contribution is -0.132. The van der Waals surface area contributed by atoms with Crippen LogP contribution in [-0.2, 0) is 15.1 Å². The second-order valence-electron chi connectivity index (χ2n) is 6.88. The summed E-state index contributed by atoms with van der Waals surface area (Å²) in [6.07, 6.45) is 1.86. The number of urea groups is 1. The highest BCUT2D eigenvalue weighted by Gasteiger charge is 2.49. The molecule has 0 bridgehead atoms. The molecular weight excluding hydrogens is 292 g/mol. The van der Waals surface area contributed by atoms with Gasteiger partial charge in [-0.2, -0.15) is 0 Å². The molecule has 0 radical (unpaired) electrons. The minimum absolute atomic E-state index is 0.0321. The van der Waals surface area contributed by atoms with Crippen LogP contribution in [0.5, 0.6) is 0 Å². The van der Waals surface area contributed by atoms with Crippen LogP contribution in [0.15, 0.2) is 24.3 Å². The number of nitrogens with one attached hydrogen (secondary N) is 1. The molecule has 2 fully saturated rings. The molecule has 124 valence electrons. The number of rotatable bonds is 4. The van der Waals surface area contributed by atoms with Gasteiger partial charge < -0.3 is 10.1 Å². The van der Waals surface area contributed by atoms with Gasteiger partial charge in [0, 0.05) is 6.61 Å². The Morgan fingerprint density at radius 1 is 1.30 bits per heavy atom. The Bertz CT molecular complexity index is 605. The van der Waals surface area contributed by atoms with E-state index in [1.165, 1.54) is 10.5 Å². The summed E-state index contributed by atoms with van der Waals surface area (Å²) in [5.41, 5.74) is 1.03. The quantitative estimate of drug-likeness (QED) is 0.869. The first-order chi connectivity index (χ1) is 10.9. The standard InChI is InChI=1S/C18H24N2O3/c1-12(2)13-6-8-14(9-7-13)18(3)16(21)20(17(22)19-18)11-15-5-4-10-23-15/h6-9,12,15H,4-5,10-11H2,1-3H3,(H,19,22)/t15-,18-/m1/s1. The molecular formula is C18H24N2O3. The maximum absolute atomic E-state index is 12.8. The molecule has 0 aliphatic carbocycles. The highest BCUT2D eigenvalue weighted by atomic mass is 16.5. The van der Waals surface area contributed by atoms with Gasteiger partial charge >= 0.3 is 6.03 Å². The summed E-state index contributed by atoms with van der Waals surface area (Å²) in [6, 6.07) is 7.58. The van der Waals surface area contributed by atoms with E-state index in [9.17, 15) is 9.59 Å². The Kier molecular flexibility index (Phi) is 4.15. The number of imide groups is 1. The van der Waals surface area contributed by atoms with E-state index in [0.29, 0.717) is 19.1 Å². The van der Waals surface area contributed by atoms with E-state index in [1.807, 2.05) is 24.3 Å². The summed E-state index contributed by atoms with van der Waals surface area (Å²) in [7, 11) is 0. The van der Waals surface area contributed by atoms with Crippen LogP contribution < -0.4 is 5.32 Å². The largest absolute Gasteiger partial charge is 0.376 e. The molecule has 1 aromatic carbocycles. The van der Waals surface area contributed by atoms with Crippen molar-refractivity contribution >= 4 is 11.9 Å². The second-order valence-corrected chi connectivity index (χ2v) is 6.88. The molecule has 0 aromatic heterocycles. The van der Waals surface area contributed by atoms with E-state index in [0.717, 1.165) is 18.4 Å². The van der Waals surface area contributed by atoms with Gasteiger partial charge in [0.1, 0.15) is 5.54 Å². The Hall–Kier alpha value is -1.88. The van der Waals surface area contributed by atoms with Crippen molar-refractivity contribution < 1.29 is 14.3 Å². The number of carbonyl (C=O) groups excluding carboxylic acids is 2. The molecule has 2 saturated heterocycles. The van der Waals surface area contributed by atoms with Crippen molar-refractivity contribution in [1.29, 1.82) is 0 Å². The Balaban J connectivity index is 1.81. The summed E-state index contributed by atoms with van der Waals surface area (Å²) >= 11 is 0. The average Bonchev–Trinajstić information content (AvgIpc) is 3.11. The summed E-state index contributed by atoms with van der Waals surface area (Å²) < 4.78 is 5.55. The van der Waals surface area contributed by atoms with Gasteiger partial charge in [-0.15, -0.1) is 0 Å². The highest BCUT2D eigenvalue weighted by molar-refractivity contribution is 6.07. The first kappa shape index (κ1) is 16.0. The number of nitrogens with zero attached hydrogens (tertiary/aromatic N) is 1. The lowest BCUT2D eigenvalue weighted by Crippen LogP contribution is -2.42. The maximum Gasteiger partial charge on any atom is 0.325 e. The van der Waals surface area contributed by atoms with Gasteiger partial charge in [0.05, 0.1) is 12.6 Å².